The molecular weight excluding hydrogens is 332 g/mol. The fourth-order valence-electron chi connectivity index (χ4n) is 3.32. The second kappa shape index (κ2) is 9.94. The minimum absolute atomic E-state index is 0.0197. The molecule has 0 aromatic heterocycles. The second-order valence-corrected chi connectivity index (χ2v) is 7.01. The van der Waals surface area contributed by atoms with Crippen LogP contribution in [-0.2, 0) is 14.4 Å². The molecule has 2 rings (SSSR count). The molecular formula is C20H28N2O4. The maximum atomic E-state index is 12.1. The summed E-state index contributed by atoms with van der Waals surface area (Å²) < 4.78 is 0. The van der Waals surface area contributed by atoms with Crippen LogP contribution >= 0.6 is 0 Å². The van der Waals surface area contributed by atoms with Gasteiger partial charge in [-0.1, -0.05) is 55.5 Å². The Hall–Kier alpha value is -2.37. The number of carboxylic acid groups (broad SMARTS) is 1. The molecule has 26 heavy (non-hydrogen) atoms. The summed E-state index contributed by atoms with van der Waals surface area (Å²) >= 11 is 0. The van der Waals surface area contributed by atoms with E-state index in [1.54, 1.807) is 18.2 Å². The van der Waals surface area contributed by atoms with E-state index in [2.05, 4.69) is 10.6 Å². The molecule has 1 unspecified atom stereocenters. The third-order valence-electron chi connectivity index (χ3n) is 4.73. The molecule has 0 heterocycles. The Morgan fingerprint density at radius 3 is 2.35 bits per heavy atom. The highest BCUT2D eigenvalue weighted by Crippen LogP contribution is 2.18. The molecule has 142 valence electrons. The number of hydrogen-bond acceptors (Lipinski definition) is 3. The van der Waals surface area contributed by atoms with E-state index in [-0.39, 0.29) is 24.8 Å². The third-order valence-corrected chi connectivity index (χ3v) is 4.73. The minimum Gasteiger partial charge on any atom is -0.479 e. The molecule has 1 atom stereocenters. The van der Waals surface area contributed by atoms with Crippen LogP contribution in [0.4, 0.5) is 0 Å². The van der Waals surface area contributed by atoms with Crippen LogP contribution in [0.1, 0.15) is 68.5 Å². The first-order chi connectivity index (χ1) is 12.5. The van der Waals surface area contributed by atoms with E-state index >= 15 is 0 Å². The van der Waals surface area contributed by atoms with Crippen LogP contribution in [0.25, 0.3) is 0 Å². The van der Waals surface area contributed by atoms with Gasteiger partial charge >= 0.3 is 5.97 Å². The highest BCUT2D eigenvalue weighted by molar-refractivity contribution is 5.87. The number of hydrogen-bond donors (Lipinski definition) is 3. The zero-order chi connectivity index (χ0) is 18.9. The van der Waals surface area contributed by atoms with Crippen molar-refractivity contribution in [3.63, 3.8) is 0 Å². The molecule has 1 aliphatic rings. The molecule has 2 amide bonds. The normalized spacial score (nSPS) is 16.3. The van der Waals surface area contributed by atoms with Crippen LogP contribution in [0.3, 0.4) is 0 Å². The number of benzene rings is 1. The predicted octanol–water partition coefficient (Wildman–Crippen LogP) is 2.86. The van der Waals surface area contributed by atoms with Crippen molar-refractivity contribution < 1.29 is 19.5 Å². The lowest BCUT2D eigenvalue weighted by molar-refractivity contribution is -0.142. The fraction of sp³-hybridized carbons (Fsp3) is 0.550. The topological polar surface area (TPSA) is 95.5 Å². The number of rotatable bonds is 7. The van der Waals surface area contributed by atoms with Gasteiger partial charge in [-0.25, -0.2) is 4.79 Å². The average Bonchev–Trinajstić information content (AvgIpc) is 2.86. The molecule has 1 aliphatic carbocycles. The SMILES string of the molecule is Cc1cccc(C(NC(=O)CCC(=O)NC2CCCCCC2)C(=O)O)c1. The van der Waals surface area contributed by atoms with Crippen molar-refractivity contribution >= 4 is 17.8 Å². The number of carbonyl (C=O) groups is 3. The molecule has 6 nitrogen and oxygen atoms in total. The lowest BCUT2D eigenvalue weighted by atomic mass is 10.0. The van der Waals surface area contributed by atoms with Gasteiger partial charge in [0.2, 0.25) is 11.8 Å². The average molecular weight is 360 g/mol. The fourth-order valence-corrected chi connectivity index (χ4v) is 3.32. The van der Waals surface area contributed by atoms with Crippen LogP contribution in [0.15, 0.2) is 24.3 Å². The van der Waals surface area contributed by atoms with E-state index in [0.29, 0.717) is 5.56 Å². The molecule has 1 aromatic rings. The maximum absolute atomic E-state index is 12.1. The Labute approximate surface area is 154 Å². The van der Waals surface area contributed by atoms with Gasteiger partial charge in [-0.3, -0.25) is 9.59 Å². The van der Waals surface area contributed by atoms with E-state index < -0.39 is 17.9 Å². The van der Waals surface area contributed by atoms with Crippen LogP contribution in [0, 0.1) is 6.92 Å². The van der Waals surface area contributed by atoms with E-state index in [9.17, 15) is 19.5 Å². The Balaban J connectivity index is 1.82. The number of aliphatic carboxylic acids is 1. The largest absolute Gasteiger partial charge is 0.479 e. The van der Waals surface area contributed by atoms with Crippen molar-refractivity contribution in [2.24, 2.45) is 0 Å². The Kier molecular flexibility index (Phi) is 7.63. The first kappa shape index (κ1) is 19.9. The van der Waals surface area contributed by atoms with Crippen molar-refractivity contribution in [3.05, 3.63) is 35.4 Å². The number of amides is 2. The quantitative estimate of drug-likeness (QED) is 0.652. The molecule has 1 aromatic carbocycles. The molecule has 3 N–H and O–H groups in total. The van der Waals surface area contributed by atoms with Gasteiger partial charge in [-0.05, 0) is 25.3 Å². The van der Waals surface area contributed by atoms with Gasteiger partial charge in [-0.15, -0.1) is 0 Å². The standard InChI is InChI=1S/C20H28N2O4/c1-14-7-6-8-15(13-14)19(20(25)26)22-18(24)12-11-17(23)21-16-9-4-2-3-5-10-16/h6-8,13,16,19H,2-5,9-12H2,1H3,(H,21,23)(H,22,24)(H,25,26). The van der Waals surface area contributed by atoms with Crippen molar-refractivity contribution in [1.82, 2.24) is 10.6 Å². The summed E-state index contributed by atoms with van der Waals surface area (Å²) in [6, 6.07) is 6.12. The number of nitrogens with one attached hydrogen (secondary N) is 2. The van der Waals surface area contributed by atoms with Crippen molar-refractivity contribution in [2.75, 3.05) is 0 Å². The van der Waals surface area contributed by atoms with E-state index in [4.69, 9.17) is 0 Å². The molecule has 6 heteroatoms. The van der Waals surface area contributed by atoms with Gasteiger partial charge < -0.3 is 15.7 Å². The van der Waals surface area contributed by atoms with Gasteiger partial charge in [0.25, 0.3) is 0 Å². The summed E-state index contributed by atoms with van der Waals surface area (Å²) in [5.41, 5.74) is 1.44. The van der Waals surface area contributed by atoms with E-state index in [0.717, 1.165) is 31.2 Å². The third kappa shape index (κ3) is 6.50. The number of aryl methyl sites for hydroxylation is 1. The molecule has 0 bridgehead atoms. The smallest absolute Gasteiger partial charge is 0.330 e. The molecule has 0 aliphatic heterocycles. The molecule has 0 spiro atoms. The van der Waals surface area contributed by atoms with Crippen LogP contribution < -0.4 is 10.6 Å². The lowest BCUT2D eigenvalue weighted by Crippen LogP contribution is -2.37. The first-order valence-electron chi connectivity index (χ1n) is 9.34. The van der Waals surface area contributed by atoms with Crippen LogP contribution in [0.2, 0.25) is 0 Å². The Morgan fingerprint density at radius 2 is 1.73 bits per heavy atom. The van der Waals surface area contributed by atoms with Gasteiger partial charge in [0.05, 0.1) is 0 Å². The van der Waals surface area contributed by atoms with E-state index in [1.807, 2.05) is 13.0 Å². The number of carboxylic acids is 1. The molecule has 0 radical (unpaired) electrons. The molecule has 1 saturated carbocycles. The Morgan fingerprint density at radius 1 is 1.08 bits per heavy atom. The maximum Gasteiger partial charge on any atom is 0.330 e. The first-order valence-corrected chi connectivity index (χ1v) is 9.34. The summed E-state index contributed by atoms with van der Waals surface area (Å²) in [4.78, 5) is 35.7. The lowest BCUT2D eigenvalue weighted by Gasteiger charge is -2.17. The Bertz CT molecular complexity index is 636. The van der Waals surface area contributed by atoms with E-state index in [1.165, 1.54) is 12.8 Å². The van der Waals surface area contributed by atoms with Gasteiger partial charge in [-0.2, -0.15) is 0 Å². The summed E-state index contributed by atoms with van der Waals surface area (Å²) in [5, 5.41) is 14.9. The summed E-state index contributed by atoms with van der Waals surface area (Å²) in [5.74, 6) is -1.70. The zero-order valence-electron chi connectivity index (χ0n) is 15.3. The monoisotopic (exact) mass is 360 g/mol. The van der Waals surface area contributed by atoms with Crippen molar-refractivity contribution in [1.29, 1.82) is 0 Å². The summed E-state index contributed by atoms with van der Waals surface area (Å²) in [6.45, 7) is 1.86. The van der Waals surface area contributed by atoms with Gasteiger partial charge in [0, 0.05) is 18.9 Å². The van der Waals surface area contributed by atoms with Gasteiger partial charge in [0.1, 0.15) is 0 Å². The minimum atomic E-state index is -1.12. The second-order valence-electron chi connectivity index (χ2n) is 7.01. The zero-order valence-corrected chi connectivity index (χ0v) is 15.3. The van der Waals surface area contributed by atoms with Crippen LogP contribution in [0.5, 0.6) is 0 Å². The summed E-state index contributed by atoms with van der Waals surface area (Å²) in [6.07, 6.45) is 6.72. The van der Waals surface area contributed by atoms with Crippen molar-refractivity contribution in [2.45, 2.75) is 70.4 Å². The number of carbonyl (C=O) groups excluding carboxylic acids is 2. The predicted molar refractivity (Wildman–Crippen MR) is 98.6 cm³/mol. The van der Waals surface area contributed by atoms with Gasteiger partial charge in [0.15, 0.2) is 6.04 Å². The van der Waals surface area contributed by atoms with Crippen LogP contribution in [-0.4, -0.2) is 28.9 Å². The molecule has 1 fully saturated rings. The summed E-state index contributed by atoms with van der Waals surface area (Å²) in [7, 11) is 0. The highest BCUT2D eigenvalue weighted by atomic mass is 16.4. The highest BCUT2D eigenvalue weighted by Gasteiger charge is 2.22. The van der Waals surface area contributed by atoms with Crippen molar-refractivity contribution in [3.8, 4) is 0 Å². The molecule has 0 saturated heterocycles.